The minimum absolute atomic E-state index is 0.0177. The number of nitrogens with zero attached hydrogens (tertiary/aromatic N) is 6. The number of benzene rings is 2. The lowest BCUT2D eigenvalue weighted by atomic mass is 10.00. The summed E-state index contributed by atoms with van der Waals surface area (Å²) < 4.78 is 28.4. The number of piperazine rings is 1. The molecule has 3 N–H and O–H groups in total. The first-order chi connectivity index (χ1) is 29.8. The van der Waals surface area contributed by atoms with Crippen LogP contribution in [-0.2, 0) is 42.1 Å². The number of carbonyl (C=O) groups excluding carboxylic acids is 3. The second-order valence-corrected chi connectivity index (χ2v) is 17.1. The zero-order valence-corrected chi connectivity index (χ0v) is 36.6. The zero-order valence-electron chi connectivity index (χ0n) is 36.6. The molecular weight excluding hydrogens is 790 g/mol. The van der Waals surface area contributed by atoms with Crippen LogP contribution in [0.15, 0.2) is 67.1 Å². The number of carbonyl (C=O) groups is 3. The van der Waals surface area contributed by atoms with Crippen LogP contribution >= 0.6 is 0 Å². The summed E-state index contributed by atoms with van der Waals surface area (Å²) in [6.45, 7) is 16.7. The average Bonchev–Trinajstić information content (AvgIpc) is 3.68. The quantitative estimate of drug-likeness (QED) is 0.112. The van der Waals surface area contributed by atoms with Gasteiger partial charge < -0.3 is 30.3 Å². The second-order valence-electron chi connectivity index (χ2n) is 17.1. The number of aryl methyl sites for hydroxylation is 2. The lowest BCUT2D eigenvalue weighted by Crippen LogP contribution is -2.54. The van der Waals surface area contributed by atoms with Crippen LogP contribution in [0, 0.1) is 5.82 Å². The van der Waals surface area contributed by atoms with Crippen molar-refractivity contribution in [1.29, 1.82) is 0 Å². The van der Waals surface area contributed by atoms with Gasteiger partial charge in [-0.1, -0.05) is 31.2 Å². The molecular formula is C47H58FN9O5. The van der Waals surface area contributed by atoms with E-state index >= 15 is 4.39 Å². The van der Waals surface area contributed by atoms with E-state index < -0.39 is 11.5 Å². The molecule has 15 heteroatoms. The Morgan fingerprint density at radius 3 is 2.35 bits per heavy atom. The lowest BCUT2D eigenvalue weighted by Gasteiger charge is -2.40. The molecule has 3 aromatic heterocycles. The van der Waals surface area contributed by atoms with Crippen molar-refractivity contribution in [1.82, 2.24) is 40.2 Å². The minimum atomic E-state index is -0.555. The van der Waals surface area contributed by atoms with Crippen LogP contribution < -0.4 is 16.0 Å². The molecule has 0 bridgehead atoms. The number of ether oxygens (including phenoxy) is 2. The van der Waals surface area contributed by atoms with Crippen LogP contribution in [0.25, 0.3) is 22.2 Å². The van der Waals surface area contributed by atoms with Crippen molar-refractivity contribution in [2.75, 3.05) is 38.2 Å². The standard InChI is InChI=1S/C47H58FN9O5/c1-7-41-38(42(53-36-14-18-61-19-15-36)39-27-52-57(8-2)43(39)54-41)26-51-45(59)35-22-34(24-49-25-35)44(58)50-23-31-12-13-40(48)37(21-31)33-11-9-10-32(20-33)29-55-16-17-56(30(3)28-55)46(60)62-47(4,5)6/h9-13,20-22,24-25,27,30,36H,7-8,14-19,23,26,28-29H2,1-6H3,(H,50,58)(H,51,59)(H,53,54)/t30-/m0/s1. The van der Waals surface area contributed by atoms with Crippen LogP contribution in [0.5, 0.6) is 0 Å². The van der Waals surface area contributed by atoms with Gasteiger partial charge in [-0.3, -0.25) is 19.5 Å². The van der Waals surface area contributed by atoms with E-state index in [9.17, 15) is 14.4 Å². The Labute approximate surface area is 362 Å². The molecule has 62 heavy (non-hydrogen) atoms. The van der Waals surface area contributed by atoms with Crippen molar-refractivity contribution in [3.05, 3.63) is 106 Å². The number of hydrogen-bond acceptors (Lipinski definition) is 10. The maximum atomic E-state index is 15.3. The second kappa shape index (κ2) is 19.4. The molecule has 5 aromatic rings. The van der Waals surface area contributed by atoms with Crippen molar-refractivity contribution in [3.8, 4) is 11.1 Å². The molecule has 0 unspecified atom stereocenters. The summed E-state index contributed by atoms with van der Waals surface area (Å²) in [4.78, 5) is 53.0. The largest absolute Gasteiger partial charge is 0.444 e. The number of anilines is 1. The molecule has 2 aliphatic heterocycles. The number of amides is 3. The molecule has 0 radical (unpaired) electrons. The fourth-order valence-corrected chi connectivity index (χ4v) is 8.11. The summed E-state index contributed by atoms with van der Waals surface area (Å²) >= 11 is 0. The van der Waals surface area contributed by atoms with Crippen LogP contribution in [0.3, 0.4) is 0 Å². The molecule has 2 fully saturated rings. The van der Waals surface area contributed by atoms with Gasteiger partial charge in [0.05, 0.1) is 28.4 Å². The first-order valence-corrected chi connectivity index (χ1v) is 21.6. The summed E-state index contributed by atoms with van der Waals surface area (Å²) in [5, 5.41) is 15.2. The van der Waals surface area contributed by atoms with Crippen molar-refractivity contribution in [2.45, 2.75) is 105 Å². The van der Waals surface area contributed by atoms with Crippen LogP contribution in [-0.4, -0.2) is 98.0 Å². The van der Waals surface area contributed by atoms with Gasteiger partial charge in [0.1, 0.15) is 11.4 Å². The summed E-state index contributed by atoms with van der Waals surface area (Å²) in [5.74, 6) is -1.16. The highest BCUT2D eigenvalue weighted by atomic mass is 19.1. The van der Waals surface area contributed by atoms with Gasteiger partial charge in [-0.25, -0.2) is 18.9 Å². The van der Waals surface area contributed by atoms with E-state index in [1.54, 1.807) is 17.0 Å². The highest BCUT2D eigenvalue weighted by molar-refractivity contribution is 5.99. The van der Waals surface area contributed by atoms with Gasteiger partial charge in [-0.2, -0.15) is 5.10 Å². The molecule has 2 aromatic carbocycles. The predicted octanol–water partition coefficient (Wildman–Crippen LogP) is 7.11. The molecule has 1 atom stereocenters. The molecule has 0 spiro atoms. The van der Waals surface area contributed by atoms with Crippen LogP contribution in [0.2, 0.25) is 0 Å². The molecule has 14 nitrogen and oxygen atoms in total. The maximum absolute atomic E-state index is 15.3. The summed E-state index contributed by atoms with van der Waals surface area (Å²) in [6.07, 6.45) is 6.78. The number of hydrogen-bond donors (Lipinski definition) is 3. The summed E-state index contributed by atoms with van der Waals surface area (Å²) in [5.41, 5.74) is 6.27. The summed E-state index contributed by atoms with van der Waals surface area (Å²) in [7, 11) is 0. The fourth-order valence-electron chi connectivity index (χ4n) is 8.11. The SMILES string of the molecule is CCc1nc2c(cnn2CC)c(NC2CCOCC2)c1CNC(=O)c1cncc(C(=O)NCc2ccc(F)c(-c3cccc(CN4CCN(C(=O)OC(C)(C)C)[C@@H](C)C4)c3)c2)c1. The molecule has 7 rings (SSSR count). The van der Waals surface area contributed by atoms with Gasteiger partial charge >= 0.3 is 6.09 Å². The van der Waals surface area contributed by atoms with Crippen molar-refractivity contribution < 1.29 is 28.2 Å². The van der Waals surface area contributed by atoms with E-state index in [-0.39, 0.29) is 54.1 Å². The molecule has 2 aliphatic rings. The zero-order chi connectivity index (χ0) is 44.0. The maximum Gasteiger partial charge on any atom is 0.410 e. The molecule has 5 heterocycles. The number of nitrogens with one attached hydrogen (secondary N) is 3. The van der Waals surface area contributed by atoms with Crippen LogP contribution in [0.4, 0.5) is 14.9 Å². The first kappa shape index (κ1) is 44.1. The number of fused-ring (bicyclic) bond motifs is 1. The van der Waals surface area contributed by atoms with Crippen molar-refractivity contribution in [3.63, 3.8) is 0 Å². The first-order valence-electron chi connectivity index (χ1n) is 21.6. The van der Waals surface area contributed by atoms with Gasteiger partial charge in [0.2, 0.25) is 0 Å². The Morgan fingerprint density at radius 2 is 1.66 bits per heavy atom. The van der Waals surface area contributed by atoms with Gasteiger partial charge in [-0.05, 0) is 94.8 Å². The highest BCUT2D eigenvalue weighted by Gasteiger charge is 2.31. The monoisotopic (exact) mass is 847 g/mol. The highest BCUT2D eigenvalue weighted by Crippen LogP contribution is 2.32. The molecule has 0 aliphatic carbocycles. The van der Waals surface area contributed by atoms with Crippen molar-refractivity contribution >= 4 is 34.6 Å². The lowest BCUT2D eigenvalue weighted by molar-refractivity contribution is 0.000540. The Kier molecular flexibility index (Phi) is 13.8. The smallest absolute Gasteiger partial charge is 0.410 e. The van der Waals surface area contributed by atoms with Crippen LogP contribution in [0.1, 0.15) is 97.5 Å². The number of halogens is 1. The molecule has 3 amide bonds. The van der Waals surface area contributed by atoms with E-state index in [4.69, 9.17) is 14.5 Å². The van der Waals surface area contributed by atoms with E-state index in [2.05, 4.69) is 30.9 Å². The van der Waals surface area contributed by atoms with Crippen molar-refractivity contribution in [2.24, 2.45) is 0 Å². The third-order valence-electron chi connectivity index (χ3n) is 11.3. The van der Waals surface area contributed by atoms with E-state index in [1.165, 1.54) is 24.5 Å². The average molecular weight is 848 g/mol. The Hall–Kier alpha value is -5.93. The van der Waals surface area contributed by atoms with E-state index in [0.717, 1.165) is 51.9 Å². The van der Waals surface area contributed by atoms with Gasteiger partial charge in [0, 0.05) is 100 Å². The number of rotatable bonds is 13. The van der Waals surface area contributed by atoms with E-state index in [1.807, 2.05) is 76.7 Å². The number of aromatic nitrogens is 4. The predicted molar refractivity (Wildman–Crippen MR) is 236 cm³/mol. The molecule has 328 valence electrons. The Morgan fingerprint density at radius 1 is 0.919 bits per heavy atom. The van der Waals surface area contributed by atoms with E-state index in [0.29, 0.717) is 63.5 Å². The van der Waals surface area contributed by atoms with Gasteiger partial charge in [-0.15, -0.1) is 0 Å². The van der Waals surface area contributed by atoms with Gasteiger partial charge in [0.25, 0.3) is 11.8 Å². The third kappa shape index (κ3) is 10.6. The fraction of sp³-hybridized carbons (Fsp3) is 0.447. The minimum Gasteiger partial charge on any atom is -0.444 e. The topological polar surface area (TPSA) is 156 Å². The molecule has 2 saturated heterocycles. The van der Waals surface area contributed by atoms with Gasteiger partial charge in [0.15, 0.2) is 5.65 Å². The normalized spacial score (nSPS) is 16.3. The Bertz CT molecular complexity index is 2410. The Balaban J connectivity index is 0.982. The number of pyridine rings is 2. The third-order valence-corrected chi connectivity index (χ3v) is 11.3. The molecule has 0 saturated carbocycles. The summed E-state index contributed by atoms with van der Waals surface area (Å²) in [6, 6.07) is 14.3.